The number of hydrogen-bond donors (Lipinski definition) is 1. The number of carbonyl (C=O) groups excluding carboxylic acids is 1. The topological polar surface area (TPSA) is 56.8 Å². The quantitative estimate of drug-likeness (QED) is 0.672. The van der Waals surface area contributed by atoms with Crippen molar-refractivity contribution in [2.75, 3.05) is 26.6 Å². The van der Waals surface area contributed by atoms with Gasteiger partial charge in [0.15, 0.2) is 11.5 Å². The Labute approximate surface area is 164 Å². The second kappa shape index (κ2) is 8.88. The van der Waals surface area contributed by atoms with Gasteiger partial charge in [-0.05, 0) is 42.0 Å². The number of rotatable bonds is 6. The predicted molar refractivity (Wildman–Crippen MR) is 100 cm³/mol. The smallest absolute Gasteiger partial charge is 0.417 e. The molecule has 1 N–H and O–H groups in total. The molecular weight excluding hydrogens is 399 g/mol. The summed E-state index contributed by atoms with van der Waals surface area (Å²) >= 11 is 5.56. The molecule has 0 radical (unpaired) electrons. The van der Waals surface area contributed by atoms with Crippen molar-refractivity contribution >= 4 is 29.3 Å². The molecule has 0 bridgehead atoms. The van der Waals surface area contributed by atoms with Crippen LogP contribution in [0.1, 0.15) is 11.1 Å². The van der Waals surface area contributed by atoms with Crippen LogP contribution in [0.15, 0.2) is 36.4 Å². The molecular formula is C19H17ClF3NO4. The zero-order valence-corrected chi connectivity index (χ0v) is 15.9. The van der Waals surface area contributed by atoms with Gasteiger partial charge in [0.2, 0.25) is 11.7 Å². The summed E-state index contributed by atoms with van der Waals surface area (Å²) in [6.45, 7) is 0. The van der Waals surface area contributed by atoms with Crippen molar-refractivity contribution in [1.29, 1.82) is 0 Å². The number of amides is 1. The lowest BCUT2D eigenvalue weighted by Crippen LogP contribution is -2.11. The molecule has 2 rings (SSSR count). The summed E-state index contributed by atoms with van der Waals surface area (Å²) in [5.74, 6) is 0.570. The van der Waals surface area contributed by atoms with Crippen molar-refractivity contribution in [3.05, 3.63) is 52.6 Å². The molecule has 0 spiro atoms. The minimum Gasteiger partial charge on any atom is -0.493 e. The van der Waals surface area contributed by atoms with Crippen molar-refractivity contribution in [2.24, 2.45) is 0 Å². The van der Waals surface area contributed by atoms with Crippen LogP contribution in [0, 0.1) is 0 Å². The first kappa shape index (κ1) is 21.4. The van der Waals surface area contributed by atoms with Gasteiger partial charge in [-0.1, -0.05) is 11.6 Å². The molecule has 2 aromatic rings. The van der Waals surface area contributed by atoms with Gasteiger partial charge in [0.1, 0.15) is 0 Å². The van der Waals surface area contributed by atoms with Crippen LogP contribution in [-0.4, -0.2) is 27.2 Å². The number of anilines is 1. The first-order valence-corrected chi connectivity index (χ1v) is 8.23. The highest BCUT2D eigenvalue weighted by Crippen LogP contribution is 2.38. The van der Waals surface area contributed by atoms with E-state index in [0.717, 1.165) is 12.1 Å². The summed E-state index contributed by atoms with van der Waals surface area (Å²) in [6, 6.07) is 6.36. The van der Waals surface area contributed by atoms with Gasteiger partial charge in [-0.3, -0.25) is 4.79 Å². The number of nitrogens with one attached hydrogen (secondary N) is 1. The monoisotopic (exact) mass is 415 g/mol. The SMILES string of the molecule is COc1cc(C=CC(=O)Nc2ccc(Cl)c(C(F)(F)F)c2)cc(OC)c1OC. The van der Waals surface area contributed by atoms with Crippen LogP contribution in [0.3, 0.4) is 0 Å². The van der Waals surface area contributed by atoms with Crippen LogP contribution in [0.4, 0.5) is 18.9 Å². The molecule has 0 aliphatic heterocycles. The molecule has 2 aromatic carbocycles. The lowest BCUT2D eigenvalue weighted by molar-refractivity contribution is -0.137. The number of benzene rings is 2. The fraction of sp³-hybridized carbons (Fsp3) is 0.211. The molecule has 0 heterocycles. The first-order chi connectivity index (χ1) is 13.2. The molecule has 0 atom stereocenters. The van der Waals surface area contributed by atoms with E-state index < -0.39 is 22.7 Å². The molecule has 0 unspecified atom stereocenters. The van der Waals surface area contributed by atoms with Crippen LogP contribution in [-0.2, 0) is 11.0 Å². The maximum Gasteiger partial charge on any atom is 0.417 e. The highest BCUT2D eigenvalue weighted by Gasteiger charge is 2.33. The van der Waals surface area contributed by atoms with Crippen LogP contribution in [0.25, 0.3) is 6.08 Å². The first-order valence-electron chi connectivity index (χ1n) is 7.85. The van der Waals surface area contributed by atoms with Crippen molar-refractivity contribution in [3.63, 3.8) is 0 Å². The molecule has 0 saturated carbocycles. The highest BCUT2D eigenvalue weighted by molar-refractivity contribution is 6.31. The lowest BCUT2D eigenvalue weighted by Gasteiger charge is -2.13. The minimum atomic E-state index is -4.62. The van der Waals surface area contributed by atoms with Crippen LogP contribution in [0.5, 0.6) is 17.2 Å². The van der Waals surface area contributed by atoms with E-state index in [1.54, 1.807) is 12.1 Å². The number of alkyl halides is 3. The molecule has 5 nitrogen and oxygen atoms in total. The van der Waals surface area contributed by atoms with E-state index in [1.807, 2.05) is 0 Å². The molecule has 1 amide bonds. The molecule has 28 heavy (non-hydrogen) atoms. The largest absolute Gasteiger partial charge is 0.493 e. The van der Waals surface area contributed by atoms with Gasteiger partial charge < -0.3 is 19.5 Å². The van der Waals surface area contributed by atoms with Crippen LogP contribution < -0.4 is 19.5 Å². The second-order valence-electron chi connectivity index (χ2n) is 5.47. The Morgan fingerprint density at radius 3 is 2.14 bits per heavy atom. The minimum absolute atomic E-state index is 0.0312. The third kappa shape index (κ3) is 5.10. The number of ether oxygens (including phenoxy) is 3. The summed E-state index contributed by atoms with van der Waals surface area (Å²) in [4.78, 5) is 12.1. The summed E-state index contributed by atoms with van der Waals surface area (Å²) < 4.78 is 54.3. The van der Waals surface area contributed by atoms with E-state index in [0.29, 0.717) is 22.8 Å². The fourth-order valence-corrected chi connectivity index (χ4v) is 2.60. The second-order valence-corrected chi connectivity index (χ2v) is 5.88. The van der Waals surface area contributed by atoms with E-state index in [1.165, 1.54) is 39.5 Å². The van der Waals surface area contributed by atoms with Gasteiger partial charge in [-0.15, -0.1) is 0 Å². The molecule has 0 aromatic heterocycles. The van der Waals surface area contributed by atoms with Gasteiger partial charge in [-0.2, -0.15) is 13.2 Å². The summed E-state index contributed by atoms with van der Waals surface area (Å²) in [5.41, 5.74) is -0.492. The fourth-order valence-electron chi connectivity index (χ4n) is 2.37. The zero-order chi connectivity index (χ0) is 20.9. The average Bonchev–Trinajstić information content (AvgIpc) is 2.65. The lowest BCUT2D eigenvalue weighted by atomic mass is 10.1. The van der Waals surface area contributed by atoms with Gasteiger partial charge in [0, 0.05) is 11.8 Å². The van der Waals surface area contributed by atoms with Crippen LogP contribution in [0.2, 0.25) is 5.02 Å². The molecule has 0 aliphatic rings. The molecule has 0 aliphatic carbocycles. The molecule has 9 heteroatoms. The van der Waals surface area contributed by atoms with Crippen LogP contribution >= 0.6 is 11.6 Å². The van der Waals surface area contributed by atoms with Gasteiger partial charge in [-0.25, -0.2) is 0 Å². The van der Waals surface area contributed by atoms with E-state index in [4.69, 9.17) is 25.8 Å². The Morgan fingerprint density at radius 2 is 1.64 bits per heavy atom. The van der Waals surface area contributed by atoms with Gasteiger partial charge in [0.25, 0.3) is 0 Å². The number of methoxy groups -OCH3 is 3. The Balaban J connectivity index is 2.21. The Bertz CT molecular complexity index is 872. The maximum atomic E-state index is 12.9. The summed E-state index contributed by atoms with van der Waals surface area (Å²) in [5, 5.41) is 1.91. The van der Waals surface area contributed by atoms with Crippen molar-refractivity contribution in [3.8, 4) is 17.2 Å². The van der Waals surface area contributed by atoms with E-state index in [9.17, 15) is 18.0 Å². The predicted octanol–water partition coefficient (Wildman–Crippen LogP) is 5.04. The Hall–Kier alpha value is -2.87. The average molecular weight is 416 g/mol. The number of halogens is 4. The standard InChI is InChI=1S/C19H17ClF3NO4/c1-26-15-8-11(9-16(27-2)18(15)28-3)4-7-17(25)24-12-5-6-14(20)13(10-12)19(21,22)23/h4-10H,1-3H3,(H,24,25). The molecule has 150 valence electrons. The third-order valence-corrected chi connectivity index (χ3v) is 3.98. The summed E-state index contributed by atoms with van der Waals surface area (Å²) in [6.07, 6.45) is -1.99. The van der Waals surface area contributed by atoms with Crippen molar-refractivity contribution < 1.29 is 32.2 Å². The van der Waals surface area contributed by atoms with Crippen molar-refractivity contribution in [2.45, 2.75) is 6.18 Å². The van der Waals surface area contributed by atoms with E-state index in [-0.39, 0.29) is 5.69 Å². The number of carbonyl (C=O) groups is 1. The zero-order valence-electron chi connectivity index (χ0n) is 15.2. The molecule has 0 fully saturated rings. The van der Waals surface area contributed by atoms with E-state index in [2.05, 4.69) is 5.32 Å². The van der Waals surface area contributed by atoms with Gasteiger partial charge >= 0.3 is 6.18 Å². The third-order valence-electron chi connectivity index (χ3n) is 3.65. The van der Waals surface area contributed by atoms with Gasteiger partial charge in [0.05, 0.1) is 31.9 Å². The Morgan fingerprint density at radius 1 is 1.04 bits per heavy atom. The number of hydrogen-bond acceptors (Lipinski definition) is 4. The summed E-state index contributed by atoms with van der Waals surface area (Å²) in [7, 11) is 4.37. The Kier molecular flexibility index (Phi) is 6.80. The molecule has 0 saturated heterocycles. The van der Waals surface area contributed by atoms with Crippen molar-refractivity contribution in [1.82, 2.24) is 0 Å². The van der Waals surface area contributed by atoms with E-state index >= 15 is 0 Å². The normalized spacial score (nSPS) is 11.4. The maximum absolute atomic E-state index is 12.9. The highest BCUT2D eigenvalue weighted by atomic mass is 35.5.